The number of aromatic nitrogens is 2. The highest BCUT2D eigenvalue weighted by atomic mass is 16.5. The van der Waals surface area contributed by atoms with Crippen molar-refractivity contribution in [2.24, 2.45) is 0 Å². The molecule has 2 aromatic rings. The minimum atomic E-state index is 0.614. The molecule has 1 heterocycles. The molecule has 0 spiro atoms. The van der Waals surface area contributed by atoms with E-state index in [-0.39, 0.29) is 0 Å². The molecule has 1 N–H and O–H groups in total. The second kappa shape index (κ2) is 8.96. The Morgan fingerprint density at radius 2 is 1.92 bits per heavy atom. The monoisotopic (exact) mass is 330 g/mol. The predicted molar refractivity (Wildman–Crippen MR) is 97.1 cm³/mol. The van der Waals surface area contributed by atoms with E-state index >= 15 is 0 Å². The van der Waals surface area contributed by atoms with E-state index in [0.717, 1.165) is 30.1 Å². The summed E-state index contributed by atoms with van der Waals surface area (Å²) in [6.07, 6.45) is 4.09. The SMILES string of the molecule is CCCCN(C)c1ccnc(NCc2ccc(OC)c(OC)c2)n1. The molecule has 0 saturated carbocycles. The van der Waals surface area contributed by atoms with Gasteiger partial charge in [0.05, 0.1) is 14.2 Å². The summed E-state index contributed by atoms with van der Waals surface area (Å²) in [6.45, 7) is 3.79. The minimum Gasteiger partial charge on any atom is -0.493 e. The van der Waals surface area contributed by atoms with Crippen molar-refractivity contribution < 1.29 is 9.47 Å². The molecule has 0 aliphatic carbocycles. The quantitative estimate of drug-likeness (QED) is 0.761. The first kappa shape index (κ1) is 17.8. The molecule has 130 valence electrons. The summed E-state index contributed by atoms with van der Waals surface area (Å²) in [5.41, 5.74) is 1.07. The Morgan fingerprint density at radius 3 is 2.62 bits per heavy atom. The van der Waals surface area contributed by atoms with E-state index in [4.69, 9.17) is 9.47 Å². The zero-order valence-corrected chi connectivity index (χ0v) is 14.9. The summed E-state index contributed by atoms with van der Waals surface area (Å²) in [4.78, 5) is 11.0. The number of anilines is 2. The molecule has 0 atom stereocenters. The van der Waals surface area contributed by atoms with E-state index in [1.54, 1.807) is 20.4 Å². The molecule has 0 bridgehead atoms. The summed E-state index contributed by atoms with van der Waals surface area (Å²) in [7, 11) is 5.31. The summed E-state index contributed by atoms with van der Waals surface area (Å²) >= 11 is 0. The molecular formula is C18H26N4O2. The molecule has 6 nitrogen and oxygen atoms in total. The van der Waals surface area contributed by atoms with Gasteiger partial charge in [-0.25, -0.2) is 4.98 Å². The third kappa shape index (κ3) is 4.75. The van der Waals surface area contributed by atoms with Gasteiger partial charge in [0.2, 0.25) is 5.95 Å². The first-order valence-corrected chi connectivity index (χ1v) is 8.17. The van der Waals surface area contributed by atoms with Gasteiger partial charge in [-0.05, 0) is 30.2 Å². The standard InChI is InChI=1S/C18H26N4O2/c1-5-6-11-22(2)17-9-10-19-18(21-17)20-13-14-7-8-15(23-3)16(12-14)24-4/h7-10,12H,5-6,11,13H2,1-4H3,(H,19,20,21). The largest absolute Gasteiger partial charge is 0.493 e. The molecule has 24 heavy (non-hydrogen) atoms. The molecule has 1 aromatic carbocycles. The predicted octanol–water partition coefficient (Wildman–Crippen LogP) is 3.34. The maximum Gasteiger partial charge on any atom is 0.224 e. The third-order valence-corrected chi connectivity index (χ3v) is 3.78. The average Bonchev–Trinajstić information content (AvgIpc) is 2.64. The lowest BCUT2D eigenvalue weighted by Crippen LogP contribution is -2.20. The van der Waals surface area contributed by atoms with E-state index in [1.165, 1.54) is 6.42 Å². The smallest absolute Gasteiger partial charge is 0.224 e. The Bertz CT molecular complexity index is 649. The van der Waals surface area contributed by atoms with Crippen molar-refractivity contribution in [3.8, 4) is 11.5 Å². The van der Waals surface area contributed by atoms with E-state index in [1.807, 2.05) is 24.3 Å². The van der Waals surface area contributed by atoms with E-state index in [9.17, 15) is 0 Å². The van der Waals surface area contributed by atoms with Gasteiger partial charge in [-0.15, -0.1) is 0 Å². The summed E-state index contributed by atoms with van der Waals surface area (Å²) in [5.74, 6) is 2.97. The number of ether oxygens (including phenoxy) is 2. The Balaban J connectivity index is 2.01. The molecule has 0 unspecified atom stereocenters. The van der Waals surface area contributed by atoms with Gasteiger partial charge in [0, 0.05) is 26.3 Å². The van der Waals surface area contributed by atoms with Crippen LogP contribution in [0.3, 0.4) is 0 Å². The number of hydrogen-bond acceptors (Lipinski definition) is 6. The van der Waals surface area contributed by atoms with Crippen LogP contribution in [0.25, 0.3) is 0 Å². The van der Waals surface area contributed by atoms with Crippen molar-refractivity contribution >= 4 is 11.8 Å². The molecule has 0 amide bonds. The van der Waals surface area contributed by atoms with Gasteiger partial charge in [-0.1, -0.05) is 19.4 Å². The first-order chi connectivity index (χ1) is 11.7. The number of methoxy groups -OCH3 is 2. The second-order valence-electron chi connectivity index (χ2n) is 5.56. The number of nitrogens with zero attached hydrogens (tertiary/aromatic N) is 3. The van der Waals surface area contributed by atoms with Gasteiger partial charge in [-0.2, -0.15) is 4.98 Å². The van der Waals surface area contributed by atoms with Crippen LogP contribution in [0, 0.1) is 0 Å². The van der Waals surface area contributed by atoms with Crippen molar-refractivity contribution in [2.45, 2.75) is 26.3 Å². The number of unbranched alkanes of at least 4 members (excludes halogenated alkanes) is 1. The molecule has 0 fully saturated rings. The third-order valence-electron chi connectivity index (χ3n) is 3.78. The number of nitrogens with one attached hydrogen (secondary N) is 1. The van der Waals surface area contributed by atoms with Gasteiger partial charge in [0.1, 0.15) is 5.82 Å². The Kier molecular flexibility index (Phi) is 6.66. The molecule has 0 saturated heterocycles. The van der Waals surface area contributed by atoms with Crippen molar-refractivity contribution in [3.05, 3.63) is 36.0 Å². The van der Waals surface area contributed by atoms with Crippen molar-refractivity contribution in [2.75, 3.05) is 38.0 Å². The van der Waals surface area contributed by atoms with Gasteiger partial charge >= 0.3 is 0 Å². The molecule has 1 aromatic heterocycles. The zero-order valence-electron chi connectivity index (χ0n) is 14.9. The van der Waals surface area contributed by atoms with Crippen LogP contribution in [0.2, 0.25) is 0 Å². The van der Waals surface area contributed by atoms with Gasteiger partial charge in [0.15, 0.2) is 11.5 Å². The van der Waals surface area contributed by atoms with E-state index in [2.05, 4.69) is 34.2 Å². The highest BCUT2D eigenvalue weighted by Gasteiger charge is 2.06. The highest BCUT2D eigenvalue weighted by Crippen LogP contribution is 2.27. The topological polar surface area (TPSA) is 59.5 Å². The molecule has 6 heteroatoms. The Labute approximate surface area is 143 Å². The molecule has 0 aliphatic heterocycles. The summed E-state index contributed by atoms with van der Waals surface area (Å²) in [5, 5.41) is 3.26. The first-order valence-electron chi connectivity index (χ1n) is 8.17. The lowest BCUT2D eigenvalue weighted by atomic mass is 10.2. The van der Waals surface area contributed by atoms with Gasteiger partial charge < -0.3 is 19.7 Å². The fourth-order valence-corrected chi connectivity index (χ4v) is 2.33. The minimum absolute atomic E-state index is 0.614. The van der Waals surface area contributed by atoms with Crippen LogP contribution in [0.5, 0.6) is 11.5 Å². The fourth-order valence-electron chi connectivity index (χ4n) is 2.33. The molecule has 0 aliphatic rings. The van der Waals surface area contributed by atoms with Crippen molar-refractivity contribution in [1.82, 2.24) is 9.97 Å². The van der Waals surface area contributed by atoms with Crippen LogP contribution < -0.4 is 19.7 Å². The maximum absolute atomic E-state index is 5.33. The number of hydrogen-bond donors (Lipinski definition) is 1. The van der Waals surface area contributed by atoms with Gasteiger partial charge in [0.25, 0.3) is 0 Å². The Morgan fingerprint density at radius 1 is 1.12 bits per heavy atom. The van der Waals surface area contributed by atoms with E-state index < -0.39 is 0 Å². The van der Waals surface area contributed by atoms with Crippen molar-refractivity contribution in [1.29, 1.82) is 0 Å². The molecule has 0 radical (unpaired) electrons. The second-order valence-corrected chi connectivity index (χ2v) is 5.56. The van der Waals surface area contributed by atoms with Crippen LogP contribution >= 0.6 is 0 Å². The molecule has 2 rings (SSSR count). The summed E-state index contributed by atoms with van der Waals surface area (Å²) in [6, 6.07) is 7.76. The lowest BCUT2D eigenvalue weighted by molar-refractivity contribution is 0.354. The van der Waals surface area contributed by atoms with Gasteiger partial charge in [-0.3, -0.25) is 0 Å². The van der Waals surface area contributed by atoms with Crippen LogP contribution in [0.1, 0.15) is 25.3 Å². The molecular weight excluding hydrogens is 304 g/mol. The lowest BCUT2D eigenvalue weighted by Gasteiger charge is -2.18. The number of rotatable bonds is 9. The average molecular weight is 330 g/mol. The highest BCUT2D eigenvalue weighted by molar-refractivity contribution is 5.45. The van der Waals surface area contributed by atoms with Crippen molar-refractivity contribution in [3.63, 3.8) is 0 Å². The fraction of sp³-hybridized carbons (Fsp3) is 0.444. The van der Waals surface area contributed by atoms with Crippen LogP contribution in [0.15, 0.2) is 30.5 Å². The van der Waals surface area contributed by atoms with Crippen LogP contribution in [-0.2, 0) is 6.54 Å². The van der Waals surface area contributed by atoms with Crippen LogP contribution in [0.4, 0.5) is 11.8 Å². The number of benzene rings is 1. The summed E-state index contributed by atoms with van der Waals surface area (Å²) < 4.78 is 10.6. The van der Waals surface area contributed by atoms with Crippen LogP contribution in [-0.4, -0.2) is 37.8 Å². The zero-order chi connectivity index (χ0) is 17.4. The van der Waals surface area contributed by atoms with E-state index in [0.29, 0.717) is 18.2 Å². The Hall–Kier alpha value is -2.50. The maximum atomic E-state index is 5.33. The normalized spacial score (nSPS) is 10.3.